The predicted octanol–water partition coefficient (Wildman–Crippen LogP) is 3.69. The summed E-state index contributed by atoms with van der Waals surface area (Å²) in [4.78, 5) is 18.9. The van der Waals surface area contributed by atoms with Crippen molar-refractivity contribution in [3.05, 3.63) is 59.7 Å². The van der Waals surface area contributed by atoms with Gasteiger partial charge in [0.2, 0.25) is 0 Å². The highest BCUT2D eigenvalue weighted by Gasteiger charge is 2.43. The number of amides is 1. The molecule has 27 heavy (non-hydrogen) atoms. The normalized spacial score (nSPS) is 19.3. The van der Waals surface area contributed by atoms with Crippen molar-refractivity contribution in [1.82, 2.24) is 4.90 Å². The maximum Gasteiger partial charge on any atom is 0.257 e. The second-order valence-corrected chi connectivity index (χ2v) is 7.63. The number of guanidine groups is 1. The number of nitrogens with two attached hydrogens (primary N) is 1. The van der Waals surface area contributed by atoms with Crippen LogP contribution < -0.4 is 5.73 Å². The molecule has 3 rings (SSSR count). The molecule has 0 aliphatic carbocycles. The highest BCUT2D eigenvalue weighted by atomic mass is 16.2. The minimum Gasteiger partial charge on any atom is -0.369 e. The van der Waals surface area contributed by atoms with Crippen LogP contribution in [-0.4, -0.2) is 22.3 Å². The fourth-order valence-electron chi connectivity index (χ4n) is 3.64. The van der Waals surface area contributed by atoms with E-state index in [1.54, 1.807) is 11.0 Å². The van der Waals surface area contributed by atoms with Crippen LogP contribution in [0.25, 0.3) is 11.1 Å². The monoisotopic (exact) mass is 360 g/mol. The lowest BCUT2D eigenvalue weighted by Crippen LogP contribution is -2.43. The predicted molar refractivity (Wildman–Crippen MR) is 107 cm³/mol. The van der Waals surface area contributed by atoms with E-state index < -0.39 is 5.54 Å². The summed E-state index contributed by atoms with van der Waals surface area (Å²) in [7, 11) is 0. The summed E-state index contributed by atoms with van der Waals surface area (Å²) in [5, 5.41) is 9.10. The molecule has 2 N–H and O–H groups in total. The van der Waals surface area contributed by atoms with Crippen molar-refractivity contribution in [3.8, 4) is 17.2 Å². The van der Waals surface area contributed by atoms with Crippen molar-refractivity contribution in [1.29, 1.82) is 5.26 Å². The van der Waals surface area contributed by atoms with Gasteiger partial charge in [0.05, 0.1) is 18.2 Å². The molecule has 0 fully saturated rings. The Morgan fingerprint density at radius 3 is 2.52 bits per heavy atom. The molecule has 138 valence electrons. The van der Waals surface area contributed by atoms with Gasteiger partial charge in [-0.25, -0.2) is 4.99 Å². The van der Waals surface area contributed by atoms with Gasteiger partial charge in [0.15, 0.2) is 5.96 Å². The third-order valence-electron chi connectivity index (χ3n) is 4.74. The largest absolute Gasteiger partial charge is 0.369 e. The smallest absolute Gasteiger partial charge is 0.257 e. The lowest BCUT2D eigenvalue weighted by molar-refractivity contribution is -0.131. The minimum atomic E-state index is -0.781. The van der Waals surface area contributed by atoms with Gasteiger partial charge in [-0.3, -0.25) is 9.69 Å². The van der Waals surface area contributed by atoms with Crippen LogP contribution >= 0.6 is 0 Å². The van der Waals surface area contributed by atoms with Gasteiger partial charge in [-0.1, -0.05) is 44.2 Å². The van der Waals surface area contributed by atoms with Gasteiger partial charge in [-0.2, -0.15) is 5.26 Å². The topological polar surface area (TPSA) is 82.5 Å². The Hall–Kier alpha value is -3.13. The van der Waals surface area contributed by atoms with Gasteiger partial charge in [-0.05, 0) is 54.2 Å². The van der Waals surface area contributed by atoms with E-state index in [0.29, 0.717) is 24.4 Å². The Morgan fingerprint density at radius 2 is 1.85 bits per heavy atom. The molecule has 0 saturated carbocycles. The number of nitriles is 1. The van der Waals surface area contributed by atoms with E-state index in [0.717, 1.165) is 16.7 Å². The molecule has 1 unspecified atom stereocenters. The number of carbonyl (C=O) groups is 1. The van der Waals surface area contributed by atoms with Gasteiger partial charge in [0.1, 0.15) is 5.54 Å². The number of carbonyl (C=O) groups excluding carboxylic acids is 1. The summed E-state index contributed by atoms with van der Waals surface area (Å²) in [6, 6.07) is 17.6. The van der Waals surface area contributed by atoms with Crippen LogP contribution in [0.5, 0.6) is 0 Å². The number of hydrogen-bond acceptors (Lipinski definition) is 4. The Bertz CT molecular complexity index is 941. The standard InChI is InChI=1S/C22H24N4O/c1-15(2)12-22(3)20(27)26(21(24)25-22)14-17-7-5-9-19(11-17)18-8-4-6-16(10-18)13-23/h4-11,15H,12,14H2,1-3H3,(H2,24,25). The van der Waals surface area contributed by atoms with Gasteiger partial charge < -0.3 is 5.73 Å². The fraction of sp³-hybridized carbons (Fsp3) is 0.318. The number of nitrogens with zero attached hydrogens (tertiary/aromatic N) is 3. The van der Waals surface area contributed by atoms with Crippen LogP contribution in [0, 0.1) is 17.2 Å². The summed E-state index contributed by atoms with van der Waals surface area (Å²) >= 11 is 0. The lowest BCUT2D eigenvalue weighted by Gasteiger charge is -2.23. The maximum atomic E-state index is 12.9. The summed E-state index contributed by atoms with van der Waals surface area (Å²) in [6.07, 6.45) is 0.671. The summed E-state index contributed by atoms with van der Waals surface area (Å²) in [5.41, 5.74) is 8.85. The molecule has 0 saturated heterocycles. The van der Waals surface area contributed by atoms with Gasteiger partial charge in [0.25, 0.3) is 5.91 Å². The molecule has 2 aromatic carbocycles. The van der Waals surface area contributed by atoms with Crippen molar-refractivity contribution in [2.45, 2.75) is 39.3 Å². The molecule has 1 heterocycles. The molecule has 5 heteroatoms. The zero-order valence-corrected chi connectivity index (χ0v) is 15.9. The van der Waals surface area contributed by atoms with Crippen LogP contribution in [0.3, 0.4) is 0 Å². The SMILES string of the molecule is CC(C)CC1(C)N=C(N)N(Cc2cccc(-c3cccc(C#N)c3)c2)C1=O. The Labute approximate surface area is 160 Å². The van der Waals surface area contributed by atoms with Crippen molar-refractivity contribution in [2.24, 2.45) is 16.6 Å². The maximum absolute atomic E-state index is 12.9. The van der Waals surface area contributed by atoms with Crippen molar-refractivity contribution in [2.75, 3.05) is 0 Å². The van der Waals surface area contributed by atoms with E-state index in [2.05, 4.69) is 24.9 Å². The molecule has 0 bridgehead atoms. The zero-order valence-electron chi connectivity index (χ0n) is 15.9. The van der Waals surface area contributed by atoms with Gasteiger partial charge in [0, 0.05) is 0 Å². The molecule has 1 amide bonds. The molecule has 1 atom stereocenters. The highest BCUT2D eigenvalue weighted by molar-refractivity contribution is 6.06. The van der Waals surface area contributed by atoms with Crippen LogP contribution in [0.1, 0.15) is 38.3 Å². The Balaban J connectivity index is 1.84. The first kappa shape index (κ1) is 18.7. The number of benzene rings is 2. The van der Waals surface area contributed by atoms with E-state index in [1.165, 1.54) is 0 Å². The van der Waals surface area contributed by atoms with E-state index >= 15 is 0 Å². The van der Waals surface area contributed by atoms with Gasteiger partial charge >= 0.3 is 0 Å². The van der Waals surface area contributed by atoms with Crippen molar-refractivity contribution in [3.63, 3.8) is 0 Å². The average molecular weight is 360 g/mol. The quantitative estimate of drug-likeness (QED) is 0.883. The molecule has 0 spiro atoms. The van der Waals surface area contributed by atoms with E-state index in [4.69, 9.17) is 11.0 Å². The number of hydrogen-bond donors (Lipinski definition) is 1. The van der Waals surface area contributed by atoms with Crippen LogP contribution in [-0.2, 0) is 11.3 Å². The molecule has 1 aliphatic rings. The van der Waals surface area contributed by atoms with Crippen molar-refractivity contribution >= 4 is 11.9 Å². The fourth-order valence-corrected chi connectivity index (χ4v) is 3.64. The van der Waals surface area contributed by atoms with Crippen LogP contribution in [0.15, 0.2) is 53.5 Å². The van der Waals surface area contributed by atoms with E-state index in [-0.39, 0.29) is 11.9 Å². The molecule has 2 aromatic rings. The summed E-state index contributed by atoms with van der Waals surface area (Å²) in [5.74, 6) is 0.580. The molecule has 1 aliphatic heterocycles. The van der Waals surface area contributed by atoms with Crippen LogP contribution in [0.2, 0.25) is 0 Å². The second-order valence-electron chi connectivity index (χ2n) is 7.63. The van der Waals surface area contributed by atoms with Crippen molar-refractivity contribution < 1.29 is 4.79 Å². The number of rotatable bonds is 5. The first-order chi connectivity index (χ1) is 12.8. The number of aliphatic imine (C=N–C) groups is 1. The molecular weight excluding hydrogens is 336 g/mol. The molecule has 0 aromatic heterocycles. The van der Waals surface area contributed by atoms with E-state index in [9.17, 15) is 4.79 Å². The Morgan fingerprint density at radius 1 is 1.19 bits per heavy atom. The second kappa shape index (κ2) is 7.24. The van der Waals surface area contributed by atoms with Gasteiger partial charge in [-0.15, -0.1) is 0 Å². The average Bonchev–Trinajstić information content (AvgIpc) is 2.84. The zero-order chi connectivity index (χ0) is 19.6. The lowest BCUT2D eigenvalue weighted by atomic mass is 9.91. The highest BCUT2D eigenvalue weighted by Crippen LogP contribution is 2.30. The molecular formula is C22H24N4O. The Kier molecular flexibility index (Phi) is 5.00. The minimum absolute atomic E-state index is 0.0504. The third-order valence-corrected chi connectivity index (χ3v) is 4.74. The molecule has 0 radical (unpaired) electrons. The first-order valence-electron chi connectivity index (χ1n) is 9.09. The van der Waals surface area contributed by atoms with E-state index in [1.807, 2.05) is 49.4 Å². The van der Waals surface area contributed by atoms with Crippen LogP contribution in [0.4, 0.5) is 0 Å². The summed E-state index contributed by atoms with van der Waals surface area (Å²) < 4.78 is 0. The summed E-state index contributed by atoms with van der Waals surface area (Å²) in [6.45, 7) is 6.39. The first-order valence-corrected chi connectivity index (χ1v) is 9.09. The molecule has 5 nitrogen and oxygen atoms in total. The third kappa shape index (κ3) is 3.85.